The molecule has 9 nitrogen and oxygen atoms in total. The minimum Gasteiger partial charge on any atom is -0.379 e. The number of ether oxygens (including phenoxy) is 1. The van der Waals surface area contributed by atoms with E-state index < -0.39 is 29.3 Å². The minimum atomic E-state index is -3.03. The van der Waals surface area contributed by atoms with Crippen molar-refractivity contribution >= 4 is 28.6 Å². The summed E-state index contributed by atoms with van der Waals surface area (Å²) in [4.78, 5) is 36.6. The molecule has 1 amide bonds. The van der Waals surface area contributed by atoms with Gasteiger partial charge in [-0.1, -0.05) is 0 Å². The van der Waals surface area contributed by atoms with Gasteiger partial charge >= 0.3 is 0 Å². The lowest BCUT2D eigenvalue weighted by Gasteiger charge is -2.44. The van der Waals surface area contributed by atoms with Crippen molar-refractivity contribution in [1.29, 1.82) is 0 Å². The van der Waals surface area contributed by atoms with E-state index in [2.05, 4.69) is 33.9 Å². The van der Waals surface area contributed by atoms with Crippen LogP contribution in [0.15, 0.2) is 34.6 Å². The van der Waals surface area contributed by atoms with Gasteiger partial charge < -0.3 is 19.5 Å². The number of alkyl halides is 2. The number of nitrogens with zero attached hydrogens (tertiary/aromatic N) is 5. The third kappa shape index (κ3) is 6.38. The van der Waals surface area contributed by atoms with Gasteiger partial charge in [-0.05, 0) is 27.0 Å². The van der Waals surface area contributed by atoms with Crippen LogP contribution in [0, 0.1) is 5.82 Å². The van der Waals surface area contributed by atoms with E-state index in [9.17, 15) is 18.4 Å². The van der Waals surface area contributed by atoms with Gasteiger partial charge in [-0.3, -0.25) is 19.4 Å². The van der Waals surface area contributed by atoms with Crippen LogP contribution in [0.1, 0.15) is 41.9 Å². The molecule has 0 bridgehead atoms. The second kappa shape index (κ2) is 12.5. The van der Waals surface area contributed by atoms with Crippen LogP contribution in [0.5, 0.6) is 0 Å². The highest BCUT2D eigenvalue weighted by molar-refractivity contribution is 7.13. The number of carbonyl (C=O) groups excluding carboxylic acids is 1. The zero-order valence-electron chi connectivity index (χ0n) is 24.1. The van der Waals surface area contributed by atoms with Crippen LogP contribution in [0.2, 0.25) is 0 Å². The Morgan fingerprint density at radius 2 is 1.83 bits per heavy atom. The van der Waals surface area contributed by atoms with Gasteiger partial charge in [0, 0.05) is 86.7 Å². The highest BCUT2D eigenvalue weighted by atomic mass is 32.1. The average molecular weight is 605 g/mol. The summed E-state index contributed by atoms with van der Waals surface area (Å²) in [5.41, 5.74) is 0.101. The highest BCUT2D eigenvalue weighted by Crippen LogP contribution is 2.37. The second-order valence-electron chi connectivity index (χ2n) is 11.0. The molecule has 13 heteroatoms. The molecule has 42 heavy (non-hydrogen) atoms. The van der Waals surface area contributed by atoms with E-state index in [1.807, 2.05) is 17.3 Å². The summed E-state index contributed by atoms with van der Waals surface area (Å²) in [6, 6.07) is 3.98. The van der Waals surface area contributed by atoms with Gasteiger partial charge in [0.2, 0.25) is 0 Å². The number of thiazole rings is 1. The molecule has 2 aliphatic heterocycles. The molecule has 1 aromatic carbocycles. The van der Waals surface area contributed by atoms with Crippen LogP contribution in [0.3, 0.4) is 0 Å². The van der Waals surface area contributed by atoms with Crippen molar-refractivity contribution in [3.05, 3.63) is 62.8 Å². The maximum atomic E-state index is 15.8. The SMILES string of the molecule is CC1CN(c2cc(F)c(-c3nc(CN4CCOCC4)cs3)cc2NC(=O)c2cn(C)c(=O)cc2C(F)F)CC(C)N1C. The standard InChI is InChI=1S/C29H35F3N6O3S/c1-17-12-38(13-18(2)36(17)4)25-11-23(30)21(29-33-19(16-42-29)14-37-5-7-41-8-6-37)9-24(25)34-28(40)22-15-35(3)26(39)10-20(22)27(31)32/h9-11,15-18,27H,5-8,12-14H2,1-4H3,(H,34,40). The van der Waals surface area contributed by atoms with Crippen molar-refractivity contribution in [1.82, 2.24) is 19.4 Å². The molecule has 2 unspecified atom stereocenters. The first-order chi connectivity index (χ1) is 20.0. The fourth-order valence-corrected chi connectivity index (χ4v) is 6.21. The Bertz CT molecular complexity index is 1490. The Kier molecular flexibility index (Phi) is 9.02. The van der Waals surface area contributed by atoms with E-state index in [-0.39, 0.29) is 28.9 Å². The third-order valence-corrected chi connectivity index (χ3v) is 8.97. The highest BCUT2D eigenvalue weighted by Gasteiger charge is 2.30. The Hall–Kier alpha value is -3.26. The van der Waals surface area contributed by atoms with Gasteiger partial charge in [-0.15, -0.1) is 11.3 Å². The predicted molar refractivity (Wildman–Crippen MR) is 157 cm³/mol. The number of morpholine rings is 1. The van der Waals surface area contributed by atoms with E-state index in [0.29, 0.717) is 43.5 Å². The van der Waals surface area contributed by atoms with Crippen molar-refractivity contribution in [2.45, 2.75) is 38.9 Å². The van der Waals surface area contributed by atoms with Gasteiger partial charge in [0.1, 0.15) is 10.8 Å². The average Bonchev–Trinajstić information content (AvgIpc) is 3.41. The van der Waals surface area contributed by atoms with Crippen molar-refractivity contribution in [2.24, 2.45) is 7.05 Å². The second-order valence-corrected chi connectivity index (χ2v) is 11.9. The van der Waals surface area contributed by atoms with Gasteiger partial charge in [0.15, 0.2) is 0 Å². The van der Waals surface area contributed by atoms with Crippen molar-refractivity contribution in [2.75, 3.05) is 56.7 Å². The number of carbonyl (C=O) groups is 1. The van der Waals surface area contributed by atoms with Gasteiger partial charge in [0.05, 0.1) is 35.8 Å². The molecule has 0 aliphatic carbocycles. The van der Waals surface area contributed by atoms with Crippen molar-refractivity contribution in [3.63, 3.8) is 0 Å². The summed E-state index contributed by atoms with van der Waals surface area (Å²) in [7, 11) is 3.42. The molecule has 0 spiro atoms. The van der Waals surface area contributed by atoms with Crippen LogP contribution in [-0.4, -0.2) is 83.8 Å². The zero-order chi connectivity index (χ0) is 30.1. The number of piperazine rings is 1. The quantitative estimate of drug-likeness (QED) is 0.433. The van der Waals surface area contributed by atoms with E-state index in [0.717, 1.165) is 35.6 Å². The number of anilines is 2. The number of halogens is 3. The molecule has 1 N–H and O–H groups in total. The first-order valence-electron chi connectivity index (χ1n) is 13.9. The summed E-state index contributed by atoms with van der Waals surface area (Å²) >= 11 is 1.30. The molecular weight excluding hydrogens is 569 g/mol. The molecule has 4 heterocycles. The van der Waals surface area contributed by atoms with Gasteiger partial charge in [-0.2, -0.15) is 0 Å². The van der Waals surface area contributed by atoms with Crippen LogP contribution >= 0.6 is 11.3 Å². The number of amides is 1. The number of pyridine rings is 1. The van der Waals surface area contributed by atoms with Gasteiger partial charge in [-0.25, -0.2) is 18.2 Å². The number of aromatic nitrogens is 2. The maximum Gasteiger partial charge on any atom is 0.264 e. The number of hydrogen-bond acceptors (Lipinski definition) is 8. The molecule has 226 valence electrons. The van der Waals surface area contributed by atoms with Crippen molar-refractivity contribution in [3.8, 4) is 10.6 Å². The number of nitrogens with one attached hydrogen (secondary N) is 1. The van der Waals surface area contributed by atoms with Crippen LogP contribution in [0.4, 0.5) is 24.5 Å². The molecule has 2 aromatic heterocycles. The number of benzene rings is 1. The molecule has 0 saturated carbocycles. The van der Waals surface area contributed by atoms with E-state index in [1.165, 1.54) is 30.5 Å². The lowest BCUT2D eigenvalue weighted by atomic mass is 10.1. The van der Waals surface area contributed by atoms with Crippen LogP contribution in [0.25, 0.3) is 10.6 Å². The Morgan fingerprint density at radius 3 is 2.50 bits per heavy atom. The molecule has 0 radical (unpaired) electrons. The number of hydrogen-bond donors (Lipinski definition) is 1. The molecule has 2 saturated heterocycles. The summed E-state index contributed by atoms with van der Waals surface area (Å²) in [5, 5.41) is 5.10. The summed E-state index contributed by atoms with van der Waals surface area (Å²) in [6.07, 6.45) is -1.93. The smallest absolute Gasteiger partial charge is 0.264 e. The predicted octanol–water partition coefficient (Wildman–Crippen LogP) is 4.20. The van der Waals surface area contributed by atoms with E-state index >= 15 is 4.39 Å². The first kappa shape index (κ1) is 30.2. The van der Waals surface area contributed by atoms with E-state index in [4.69, 9.17) is 4.74 Å². The van der Waals surface area contributed by atoms with Crippen LogP contribution < -0.4 is 15.8 Å². The summed E-state index contributed by atoms with van der Waals surface area (Å²) < 4.78 is 49.9. The lowest BCUT2D eigenvalue weighted by Crippen LogP contribution is -2.55. The Labute approximate surface area is 246 Å². The summed E-state index contributed by atoms with van der Waals surface area (Å²) in [6.45, 7) is 8.79. The Balaban J connectivity index is 1.52. The van der Waals surface area contributed by atoms with Crippen LogP contribution in [-0.2, 0) is 18.3 Å². The first-order valence-corrected chi connectivity index (χ1v) is 14.7. The molecule has 5 rings (SSSR count). The van der Waals surface area contributed by atoms with E-state index in [1.54, 1.807) is 0 Å². The molecule has 3 aromatic rings. The molecule has 2 fully saturated rings. The maximum absolute atomic E-state index is 15.8. The molecular formula is C29H35F3N6O3S. The fourth-order valence-electron chi connectivity index (χ4n) is 5.39. The third-order valence-electron chi connectivity index (χ3n) is 8.05. The number of rotatable bonds is 7. The topological polar surface area (TPSA) is 82.9 Å². The zero-order valence-corrected chi connectivity index (χ0v) is 24.9. The lowest BCUT2D eigenvalue weighted by molar-refractivity contribution is 0.0337. The number of aryl methyl sites for hydroxylation is 1. The van der Waals surface area contributed by atoms with Crippen molar-refractivity contribution < 1.29 is 22.7 Å². The largest absolute Gasteiger partial charge is 0.379 e. The van der Waals surface area contributed by atoms with Gasteiger partial charge in [0.25, 0.3) is 17.9 Å². The fraction of sp³-hybridized carbons (Fsp3) is 0.483. The normalized spacial score (nSPS) is 20.3. The Morgan fingerprint density at radius 1 is 1.14 bits per heavy atom. The molecule has 2 atom stereocenters. The minimum absolute atomic E-state index is 0.149. The monoisotopic (exact) mass is 604 g/mol. The number of likely N-dealkylation sites (N-methyl/N-ethyl adjacent to an activating group) is 1. The summed E-state index contributed by atoms with van der Waals surface area (Å²) in [5.74, 6) is -1.31. The molecule has 2 aliphatic rings.